The molecule has 0 aliphatic carbocycles. The fraction of sp³-hybridized carbons (Fsp3) is 0.158. The van der Waals surface area contributed by atoms with Gasteiger partial charge in [0.25, 0.3) is 5.56 Å². The maximum atomic E-state index is 13.9. The molecule has 0 spiro atoms. The monoisotopic (exact) mass is 387 g/mol. The third-order valence-corrected chi connectivity index (χ3v) is 5.16. The first-order valence-electron chi connectivity index (χ1n) is 8.25. The molecule has 5 nitrogen and oxygen atoms in total. The van der Waals surface area contributed by atoms with Crippen LogP contribution in [0.15, 0.2) is 51.2 Å². The number of H-pyrrole nitrogens is 1. The number of aromatic amines is 1. The SMILES string of the molecule is C[C@H](NCc1nc2scc(-c3ccco3)c2c(=O)[nH]1)c1ccc(F)cc1F. The number of nitrogens with zero attached hydrogens (tertiary/aromatic N) is 1. The molecule has 0 aliphatic heterocycles. The summed E-state index contributed by atoms with van der Waals surface area (Å²) in [4.78, 5) is 20.3. The number of furan rings is 1. The normalized spacial score (nSPS) is 12.6. The van der Waals surface area contributed by atoms with Gasteiger partial charge in [0.05, 0.1) is 18.2 Å². The summed E-state index contributed by atoms with van der Waals surface area (Å²) >= 11 is 1.35. The molecule has 3 aromatic heterocycles. The van der Waals surface area contributed by atoms with Gasteiger partial charge in [-0.2, -0.15) is 0 Å². The van der Waals surface area contributed by atoms with E-state index < -0.39 is 11.6 Å². The van der Waals surface area contributed by atoms with Gasteiger partial charge >= 0.3 is 0 Å². The summed E-state index contributed by atoms with van der Waals surface area (Å²) in [5.74, 6) is -0.187. The Bertz CT molecular complexity index is 1150. The van der Waals surface area contributed by atoms with Crippen LogP contribution >= 0.6 is 11.3 Å². The van der Waals surface area contributed by atoms with Gasteiger partial charge in [-0.25, -0.2) is 13.8 Å². The van der Waals surface area contributed by atoms with Gasteiger partial charge in [0.2, 0.25) is 0 Å². The number of halogens is 2. The van der Waals surface area contributed by atoms with Gasteiger partial charge < -0.3 is 14.7 Å². The lowest BCUT2D eigenvalue weighted by Crippen LogP contribution is -2.22. The average Bonchev–Trinajstić information content (AvgIpc) is 3.29. The Hall–Kier alpha value is -2.84. The molecule has 8 heteroatoms. The van der Waals surface area contributed by atoms with E-state index in [0.717, 1.165) is 6.07 Å². The van der Waals surface area contributed by atoms with E-state index >= 15 is 0 Å². The van der Waals surface area contributed by atoms with E-state index in [4.69, 9.17) is 4.42 Å². The van der Waals surface area contributed by atoms with Crippen LogP contribution in [0.5, 0.6) is 0 Å². The Labute approximate surface area is 156 Å². The van der Waals surface area contributed by atoms with Crippen LogP contribution in [-0.2, 0) is 6.54 Å². The van der Waals surface area contributed by atoms with Crippen molar-refractivity contribution in [1.82, 2.24) is 15.3 Å². The topological polar surface area (TPSA) is 70.9 Å². The van der Waals surface area contributed by atoms with Crippen molar-refractivity contribution in [3.63, 3.8) is 0 Å². The molecule has 4 aromatic rings. The summed E-state index contributed by atoms with van der Waals surface area (Å²) < 4.78 is 32.3. The molecule has 0 unspecified atom stereocenters. The predicted octanol–water partition coefficient (Wildman–Crippen LogP) is 4.37. The molecule has 0 saturated carbocycles. The Morgan fingerprint density at radius 3 is 2.93 bits per heavy atom. The second-order valence-corrected chi connectivity index (χ2v) is 6.95. The lowest BCUT2D eigenvalue weighted by Gasteiger charge is -2.14. The number of hydrogen-bond acceptors (Lipinski definition) is 5. The van der Waals surface area contributed by atoms with Crippen LogP contribution in [0.3, 0.4) is 0 Å². The molecule has 0 bridgehead atoms. The van der Waals surface area contributed by atoms with Crippen molar-refractivity contribution >= 4 is 21.6 Å². The molecular formula is C19H15F2N3O2S. The van der Waals surface area contributed by atoms with Crippen molar-refractivity contribution in [3.8, 4) is 11.3 Å². The van der Waals surface area contributed by atoms with Gasteiger partial charge in [0, 0.05) is 28.6 Å². The molecule has 1 atom stereocenters. The molecule has 0 radical (unpaired) electrons. The summed E-state index contributed by atoms with van der Waals surface area (Å²) in [5, 5.41) is 5.41. The van der Waals surface area contributed by atoms with Crippen molar-refractivity contribution in [2.75, 3.05) is 0 Å². The molecule has 3 heterocycles. The van der Waals surface area contributed by atoms with Gasteiger partial charge in [-0.1, -0.05) is 6.07 Å². The Balaban J connectivity index is 1.57. The third-order valence-electron chi connectivity index (χ3n) is 4.28. The van der Waals surface area contributed by atoms with Crippen LogP contribution in [0, 0.1) is 11.6 Å². The number of aromatic nitrogens is 2. The predicted molar refractivity (Wildman–Crippen MR) is 99.6 cm³/mol. The first kappa shape index (κ1) is 17.6. The van der Waals surface area contributed by atoms with Crippen molar-refractivity contribution < 1.29 is 13.2 Å². The molecule has 4 rings (SSSR count). The van der Waals surface area contributed by atoms with Gasteiger partial charge in [-0.15, -0.1) is 11.3 Å². The number of thiophene rings is 1. The number of benzene rings is 1. The molecule has 138 valence electrons. The minimum Gasteiger partial charge on any atom is -0.464 e. The van der Waals surface area contributed by atoms with Gasteiger partial charge in [0.1, 0.15) is 28.0 Å². The third kappa shape index (κ3) is 3.41. The molecule has 1 aromatic carbocycles. The van der Waals surface area contributed by atoms with Crippen molar-refractivity contribution in [2.24, 2.45) is 0 Å². The zero-order chi connectivity index (χ0) is 19.0. The zero-order valence-electron chi connectivity index (χ0n) is 14.3. The minimum atomic E-state index is -0.620. The number of nitrogens with one attached hydrogen (secondary N) is 2. The first-order chi connectivity index (χ1) is 13.0. The minimum absolute atomic E-state index is 0.233. The molecule has 0 amide bonds. The van der Waals surface area contributed by atoms with Crippen LogP contribution in [-0.4, -0.2) is 9.97 Å². The summed E-state index contributed by atoms with van der Waals surface area (Å²) in [5.41, 5.74) is 0.788. The smallest absolute Gasteiger partial charge is 0.260 e. The van der Waals surface area contributed by atoms with Crippen molar-refractivity contribution in [3.05, 3.63) is 75.4 Å². The van der Waals surface area contributed by atoms with Gasteiger partial charge in [-0.3, -0.25) is 4.79 Å². The lowest BCUT2D eigenvalue weighted by molar-refractivity contribution is 0.511. The standard InChI is InChI=1S/C19H15F2N3O2S/c1-10(12-5-4-11(20)7-14(12)21)22-8-16-23-18(25)17-13(9-27-19(17)24-16)15-3-2-6-26-15/h2-7,9-10,22H,8H2,1H3,(H,23,24,25)/t10-/m0/s1. The van der Waals surface area contributed by atoms with Crippen molar-refractivity contribution in [1.29, 1.82) is 0 Å². The van der Waals surface area contributed by atoms with E-state index in [1.165, 1.54) is 23.5 Å². The van der Waals surface area contributed by atoms with E-state index in [1.807, 2.05) is 5.38 Å². The fourth-order valence-corrected chi connectivity index (χ4v) is 3.85. The highest BCUT2D eigenvalue weighted by Crippen LogP contribution is 2.30. The Morgan fingerprint density at radius 2 is 2.19 bits per heavy atom. The van der Waals surface area contributed by atoms with E-state index in [2.05, 4.69) is 15.3 Å². The van der Waals surface area contributed by atoms with Crippen LogP contribution in [0.2, 0.25) is 0 Å². The van der Waals surface area contributed by atoms with Crippen molar-refractivity contribution in [2.45, 2.75) is 19.5 Å². The first-order valence-corrected chi connectivity index (χ1v) is 9.13. The summed E-state index contributed by atoms with van der Waals surface area (Å²) in [6.45, 7) is 1.99. The van der Waals surface area contributed by atoms with Crippen LogP contribution < -0.4 is 10.9 Å². The van der Waals surface area contributed by atoms with Crippen LogP contribution in [0.25, 0.3) is 21.5 Å². The molecular weight excluding hydrogens is 372 g/mol. The number of fused-ring (bicyclic) bond motifs is 1. The second-order valence-electron chi connectivity index (χ2n) is 6.09. The van der Waals surface area contributed by atoms with E-state index in [0.29, 0.717) is 32.9 Å². The van der Waals surface area contributed by atoms with Gasteiger partial charge in [0.15, 0.2) is 0 Å². The molecule has 0 aliphatic rings. The van der Waals surface area contributed by atoms with Gasteiger partial charge in [-0.05, 0) is 25.1 Å². The zero-order valence-corrected chi connectivity index (χ0v) is 15.1. The molecule has 0 saturated heterocycles. The highest BCUT2D eigenvalue weighted by molar-refractivity contribution is 7.17. The van der Waals surface area contributed by atoms with Crippen LogP contribution in [0.1, 0.15) is 24.4 Å². The number of hydrogen-bond donors (Lipinski definition) is 2. The summed E-state index contributed by atoms with van der Waals surface area (Å²) in [7, 11) is 0. The largest absolute Gasteiger partial charge is 0.464 e. The Morgan fingerprint density at radius 1 is 1.33 bits per heavy atom. The van der Waals surface area contributed by atoms with E-state index in [1.54, 1.807) is 25.3 Å². The van der Waals surface area contributed by atoms with Crippen LogP contribution in [0.4, 0.5) is 8.78 Å². The highest BCUT2D eigenvalue weighted by atomic mass is 32.1. The average molecular weight is 387 g/mol. The summed E-state index contributed by atoms with van der Waals surface area (Å²) in [6.07, 6.45) is 1.55. The maximum absolute atomic E-state index is 13.9. The number of rotatable bonds is 5. The maximum Gasteiger partial charge on any atom is 0.260 e. The quantitative estimate of drug-likeness (QED) is 0.533. The Kier molecular flexibility index (Phi) is 4.59. The molecule has 0 fully saturated rings. The van der Waals surface area contributed by atoms with E-state index in [-0.39, 0.29) is 18.1 Å². The fourth-order valence-electron chi connectivity index (χ4n) is 2.90. The molecule has 2 N–H and O–H groups in total. The highest BCUT2D eigenvalue weighted by Gasteiger charge is 2.16. The summed E-state index contributed by atoms with van der Waals surface area (Å²) in [6, 6.07) is 6.63. The van der Waals surface area contributed by atoms with E-state index in [9.17, 15) is 13.6 Å². The lowest BCUT2D eigenvalue weighted by atomic mass is 10.1. The second kappa shape index (κ2) is 7.05. The molecule has 27 heavy (non-hydrogen) atoms.